The number of hydrogen-bond acceptors (Lipinski definition) is 5. The number of hydrogen-bond donors (Lipinski definition) is 2. The molecule has 1 saturated heterocycles. The van der Waals surface area contributed by atoms with Crippen molar-refractivity contribution < 1.29 is 36.2 Å². The second kappa shape index (κ2) is 9.90. The molecule has 2 heterocycles. The Morgan fingerprint density at radius 2 is 1.81 bits per heavy atom. The lowest BCUT2D eigenvalue weighted by molar-refractivity contribution is -0.142. The zero-order valence-corrected chi connectivity index (χ0v) is 17.4. The van der Waals surface area contributed by atoms with Gasteiger partial charge in [0.15, 0.2) is 0 Å². The van der Waals surface area contributed by atoms with Gasteiger partial charge in [-0.05, 0) is 37.6 Å². The van der Waals surface area contributed by atoms with E-state index in [4.69, 9.17) is 4.74 Å². The number of morpholine rings is 1. The number of fused-ring (bicyclic) bond motifs is 1. The maximum atomic E-state index is 13.4. The molecule has 0 saturated carbocycles. The molecule has 0 radical (unpaired) electrons. The highest BCUT2D eigenvalue weighted by molar-refractivity contribution is 5.86. The molecule has 1 aliphatic rings. The maximum absolute atomic E-state index is 13.4. The van der Waals surface area contributed by atoms with E-state index < -0.39 is 35.2 Å². The molecule has 0 bridgehead atoms. The number of rotatable bonds is 7. The lowest BCUT2D eigenvalue weighted by Gasteiger charge is -2.28. The van der Waals surface area contributed by atoms with Crippen LogP contribution in [0.1, 0.15) is 36.3 Å². The lowest BCUT2D eigenvalue weighted by atomic mass is 9.99. The Morgan fingerprint density at radius 3 is 2.44 bits per heavy atom. The van der Waals surface area contributed by atoms with Gasteiger partial charge in [-0.25, -0.2) is 4.98 Å². The molecule has 11 heteroatoms. The molecular weight excluding hydrogens is 440 g/mol. The first-order valence-electron chi connectivity index (χ1n) is 10.3. The Balaban J connectivity index is 1.80. The van der Waals surface area contributed by atoms with Gasteiger partial charge in [0.1, 0.15) is 5.69 Å². The number of benzene rings is 1. The Hall–Kier alpha value is -1.95. The number of alkyl halides is 6. The number of halogens is 6. The number of pyridine rings is 1. The molecule has 2 unspecified atom stereocenters. The van der Waals surface area contributed by atoms with Crippen LogP contribution < -0.4 is 5.32 Å². The summed E-state index contributed by atoms with van der Waals surface area (Å²) in [5.41, 5.74) is -3.83. The van der Waals surface area contributed by atoms with Crippen LogP contribution >= 0.6 is 0 Å². The second-order valence-corrected chi connectivity index (χ2v) is 7.86. The molecule has 1 aromatic carbocycles. The van der Waals surface area contributed by atoms with Gasteiger partial charge in [0.25, 0.3) is 0 Å². The molecule has 0 spiro atoms. The molecule has 1 fully saturated rings. The third-order valence-electron chi connectivity index (χ3n) is 5.47. The van der Waals surface area contributed by atoms with Crippen LogP contribution in [-0.2, 0) is 17.1 Å². The summed E-state index contributed by atoms with van der Waals surface area (Å²) >= 11 is 0. The fraction of sp³-hybridized carbons (Fsp3) is 0.571. The Morgan fingerprint density at radius 1 is 1.12 bits per heavy atom. The molecule has 0 amide bonds. The third kappa shape index (κ3) is 6.09. The molecule has 2 N–H and O–H groups in total. The SMILES string of the molecule is CC(CCN1CCOCC1)NCC(O)c1cc(C(F)(F)F)nc2c(C(F)(F)F)cccc12. The van der Waals surface area contributed by atoms with Crippen molar-refractivity contribution in [3.05, 3.63) is 41.1 Å². The summed E-state index contributed by atoms with van der Waals surface area (Å²) < 4.78 is 85.3. The quantitative estimate of drug-likeness (QED) is 0.606. The first-order valence-corrected chi connectivity index (χ1v) is 10.3. The second-order valence-electron chi connectivity index (χ2n) is 7.86. The number of aliphatic hydroxyl groups is 1. The van der Waals surface area contributed by atoms with Gasteiger partial charge in [-0.3, -0.25) is 4.90 Å². The predicted molar refractivity (Wildman–Crippen MR) is 106 cm³/mol. The normalized spacial score (nSPS) is 18.1. The molecule has 32 heavy (non-hydrogen) atoms. The highest BCUT2D eigenvalue weighted by atomic mass is 19.4. The van der Waals surface area contributed by atoms with Crippen molar-refractivity contribution in [1.29, 1.82) is 0 Å². The van der Waals surface area contributed by atoms with E-state index in [0.29, 0.717) is 25.3 Å². The number of aliphatic hydroxyl groups excluding tert-OH is 1. The van der Waals surface area contributed by atoms with E-state index >= 15 is 0 Å². The van der Waals surface area contributed by atoms with Crippen LogP contribution in [0, 0.1) is 0 Å². The van der Waals surface area contributed by atoms with Gasteiger partial charge in [-0.15, -0.1) is 0 Å². The zero-order chi connectivity index (χ0) is 23.5. The molecule has 178 valence electrons. The fourth-order valence-corrected chi connectivity index (χ4v) is 3.65. The summed E-state index contributed by atoms with van der Waals surface area (Å²) in [5, 5.41) is 13.5. The molecule has 2 aromatic rings. The maximum Gasteiger partial charge on any atom is 0.433 e. The third-order valence-corrected chi connectivity index (χ3v) is 5.47. The van der Waals surface area contributed by atoms with Crippen molar-refractivity contribution in [3.63, 3.8) is 0 Å². The number of nitrogens with zero attached hydrogens (tertiary/aromatic N) is 2. The Labute approximate surface area is 181 Å². The van der Waals surface area contributed by atoms with E-state index in [1.165, 1.54) is 6.07 Å². The van der Waals surface area contributed by atoms with Crippen molar-refractivity contribution in [2.24, 2.45) is 0 Å². The zero-order valence-electron chi connectivity index (χ0n) is 17.4. The van der Waals surface area contributed by atoms with E-state index in [2.05, 4.69) is 15.2 Å². The van der Waals surface area contributed by atoms with Crippen LogP contribution in [0.3, 0.4) is 0 Å². The topological polar surface area (TPSA) is 57.6 Å². The van der Waals surface area contributed by atoms with Crippen LogP contribution in [0.25, 0.3) is 10.9 Å². The monoisotopic (exact) mass is 465 g/mol. The van der Waals surface area contributed by atoms with Gasteiger partial charge >= 0.3 is 12.4 Å². The van der Waals surface area contributed by atoms with Crippen molar-refractivity contribution in [1.82, 2.24) is 15.2 Å². The van der Waals surface area contributed by atoms with Crippen LogP contribution in [0.4, 0.5) is 26.3 Å². The van der Waals surface area contributed by atoms with Crippen LogP contribution in [0.2, 0.25) is 0 Å². The molecule has 1 aliphatic heterocycles. The molecule has 0 aliphatic carbocycles. The number of para-hydroxylation sites is 1. The van der Waals surface area contributed by atoms with E-state index in [1.807, 2.05) is 6.92 Å². The summed E-state index contributed by atoms with van der Waals surface area (Å²) in [5.74, 6) is 0. The van der Waals surface area contributed by atoms with Crippen molar-refractivity contribution in [2.45, 2.75) is 37.8 Å². The molecule has 2 atom stereocenters. The smallest absolute Gasteiger partial charge is 0.387 e. The van der Waals surface area contributed by atoms with E-state index in [9.17, 15) is 31.4 Å². The number of nitrogens with one attached hydrogen (secondary N) is 1. The van der Waals surface area contributed by atoms with E-state index in [0.717, 1.165) is 32.1 Å². The van der Waals surface area contributed by atoms with E-state index in [1.54, 1.807) is 0 Å². The highest BCUT2D eigenvalue weighted by Crippen LogP contribution is 2.38. The van der Waals surface area contributed by atoms with Crippen LogP contribution in [0.5, 0.6) is 0 Å². The van der Waals surface area contributed by atoms with Gasteiger partial charge in [0.2, 0.25) is 0 Å². The molecule has 3 rings (SSSR count). The van der Waals surface area contributed by atoms with Crippen LogP contribution in [-0.4, -0.2) is 60.4 Å². The summed E-state index contributed by atoms with van der Waals surface area (Å²) in [6.45, 7) is 5.52. The first kappa shape index (κ1) is 24.7. The number of ether oxygens (including phenoxy) is 1. The molecule has 1 aromatic heterocycles. The predicted octanol–water partition coefficient (Wildman–Crippen LogP) is 4.01. The standard InChI is InChI=1S/C21H25F6N3O2/c1-13(5-6-30-7-9-32-10-8-30)28-12-17(31)15-11-18(21(25,26)27)29-19-14(15)3-2-4-16(19)20(22,23)24/h2-4,11,13,17,28,31H,5-10,12H2,1H3. The average Bonchev–Trinajstić information content (AvgIpc) is 2.74. The van der Waals surface area contributed by atoms with Crippen LogP contribution in [0.15, 0.2) is 24.3 Å². The minimum Gasteiger partial charge on any atom is -0.387 e. The molecule has 5 nitrogen and oxygen atoms in total. The van der Waals surface area contributed by atoms with Gasteiger partial charge < -0.3 is 15.2 Å². The van der Waals surface area contributed by atoms with Crippen molar-refractivity contribution in [3.8, 4) is 0 Å². The number of aromatic nitrogens is 1. The van der Waals surface area contributed by atoms with Gasteiger partial charge in [0.05, 0.1) is 30.4 Å². The largest absolute Gasteiger partial charge is 0.433 e. The van der Waals surface area contributed by atoms with E-state index in [-0.39, 0.29) is 23.5 Å². The molecular formula is C21H25F6N3O2. The Bertz CT molecular complexity index is 913. The highest BCUT2D eigenvalue weighted by Gasteiger charge is 2.38. The summed E-state index contributed by atoms with van der Waals surface area (Å²) in [7, 11) is 0. The summed E-state index contributed by atoms with van der Waals surface area (Å²) in [6.07, 6.45) is -10.6. The lowest BCUT2D eigenvalue weighted by Crippen LogP contribution is -2.40. The minimum atomic E-state index is -4.96. The average molecular weight is 465 g/mol. The summed E-state index contributed by atoms with van der Waals surface area (Å²) in [6, 6.07) is 3.56. The minimum absolute atomic E-state index is 0.0616. The van der Waals surface area contributed by atoms with Gasteiger partial charge in [0, 0.05) is 31.1 Å². The van der Waals surface area contributed by atoms with Crippen molar-refractivity contribution >= 4 is 10.9 Å². The Kier molecular flexibility index (Phi) is 7.64. The van der Waals surface area contributed by atoms with Gasteiger partial charge in [-0.1, -0.05) is 12.1 Å². The van der Waals surface area contributed by atoms with Crippen molar-refractivity contribution in [2.75, 3.05) is 39.4 Å². The van der Waals surface area contributed by atoms with Gasteiger partial charge in [-0.2, -0.15) is 26.3 Å². The fourth-order valence-electron chi connectivity index (χ4n) is 3.65. The summed E-state index contributed by atoms with van der Waals surface area (Å²) in [4.78, 5) is 5.47. The first-order chi connectivity index (χ1) is 15.0.